The monoisotopic (exact) mass is 311 g/mol. The molecule has 3 N–H and O–H groups in total. The number of nitrogens with one attached hydrogen (secondary N) is 2. The van der Waals surface area contributed by atoms with Crippen molar-refractivity contribution in [2.45, 2.75) is 10.9 Å². The summed E-state index contributed by atoms with van der Waals surface area (Å²) in [5.74, 6) is -1.97. The zero-order chi connectivity index (χ0) is 15.0. The van der Waals surface area contributed by atoms with Crippen molar-refractivity contribution in [2.75, 3.05) is 13.2 Å². The number of carbonyl (C=O) groups is 1. The number of hydrogen-bond acceptors (Lipinski definition) is 5. The minimum absolute atomic E-state index is 0.00202. The Morgan fingerprint density at radius 2 is 2.29 bits per heavy atom. The number of rotatable bonds is 4. The van der Waals surface area contributed by atoms with Gasteiger partial charge in [-0.15, -0.1) is 0 Å². The molecule has 0 spiro atoms. The molecule has 2 aromatic rings. The summed E-state index contributed by atoms with van der Waals surface area (Å²) in [6.07, 6.45) is 2.89. The number of carboxylic acid groups (broad SMARTS) is 1. The Labute approximate surface area is 120 Å². The molecular formula is C12H13N3O5S. The van der Waals surface area contributed by atoms with Crippen molar-refractivity contribution >= 4 is 27.0 Å². The van der Waals surface area contributed by atoms with E-state index in [1.54, 1.807) is 18.3 Å². The van der Waals surface area contributed by atoms with Crippen LogP contribution in [0.25, 0.3) is 11.0 Å². The molecule has 1 aliphatic heterocycles. The molecule has 2 unspecified atom stereocenters. The van der Waals surface area contributed by atoms with Crippen LogP contribution in [0.3, 0.4) is 0 Å². The van der Waals surface area contributed by atoms with Crippen molar-refractivity contribution in [1.29, 1.82) is 0 Å². The van der Waals surface area contributed by atoms with Crippen molar-refractivity contribution < 1.29 is 23.1 Å². The summed E-state index contributed by atoms with van der Waals surface area (Å²) in [5, 5.41) is 9.51. The second kappa shape index (κ2) is 5.10. The van der Waals surface area contributed by atoms with Crippen LogP contribution >= 0.6 is 0 Å². The molecule has 1 saturated heterocycles. The molecule has 2 aromatic heterocycles. The summed E-state index contributed by atoms with van der Waals surface area (Å²) >= 11 is 0. The summed E-state index contributed by atoms with van der Waals surface area (Å²) < 4.78 is 32.3. The maximum absolute atomic E-state index is 12.4. The minimum Gasteiger partial charge on any atom is -0.481 e. The van der Waals surface area contributed by atoms with Crippen LogP contribution in [0.5, 0.6) is 0 Å². The summed E-state index contributed by atoms with van der Waals surface area (Å²) in [5.41, 5.74) is 0.454. The van der Waals surface area contributed by atoms with Gasteiger partial charge >= 0.3 is 5.97 Å². The number of ether oxygens (including phenoxy) is 1. The fourth-order valence-corrected chi connectivity index (χ4v) is 3.76. The molecule has 0 bridgehead atoms. The van der Waals surface area contributed by atoms with Crippen LogP contribution in [0.1, 0.15) is 0 Å². The number of nitrogens with zero attached hydrogens (tertiary/aromatic N) is 1. The molecule has 0 aromatic carbocycles. The maximum atomic E-state index is 12.4. The number of aromatic nitrogens is 2. The van der Waals surface area contributed by atoms with Crippen molar-refractivity contribution in [1.82, 2.24) is 14.7 Å². The largest absolute Gasteiger partial charge is 0.481 e. The topological polar surface area (TPSA) is 121 Å². The Morgan fingerprint density at radius 1 is 1.48 bits per heavy atom. The molecule has 112 valence electrons. The van der Waals surface area contributed by atoms with Crippen LogP contribution in [0, 0.1) is 5.92 Å². The third kappa shape index (κ3) is 2.50. The molecular weight excluding hydrogens is 298 g/mol. The van der Waals surface area contributed by atoms with Gasteiger partial charge in [0.05, 0.1) is 25.2 Å². The van der Waals surface area contributed by atoms with E-state index < -0.39 is 28.0 Å². The van der Waals surface area contributed by atoms with Gasteiger partial charge in [-0.25, -0.2) is 18.1 Å². The van der Waals surface area contributed by atoms with E-state index in [0.29, 0.717) is 11.0 Å². The molecule has 3 heterocycles. The van der Waals surface area contributed by atoms with Gasteiger partial charge < -0.3 is 14.8 Å². The molecule has 0 saturated carbocycles. The first-order valence-electron chi connectivity index (χ1n) is 6.24. The molecule has 8 nitrogen and oxygen atoms in total. The second-order valence-electron chi connectivity index (χ2n) is 4.76. The van der Waals surface area contributed by atoms with E-state index in [1.165, 1.54) is 6.20 Å². The van der Waals surface area contributed by atoms with Crippen LogP contribution in [-0.4, -0.2) is 48.7 Å². The molecule has 0 amide bonds. The van der Waals surface area contributed by atoms with Gasteiger partial charge in [0.2, 0.25) is 10.0 Å². The van der Waals surface area contributed by atoms with E-state index in [0.717, 1.165) is 0 Å². The Balaban J connectivity index is 1.92. The van der Waals surface area contributed by atoms with Gasteiger partial charge in [0.25, 0.3) is 0 Å². The standard InChI is InChI=1S/C12H13N3O5S/c16-12(17)8-5-20-6-9(8)15-21(18,19)10-4-14-11-7(10)2-1-3-13-11/h1-4,8-9,15H,5-6H2,(H,13,14)(H,16,17). The Bertz CT molecular complexity index is 785. The SMILES string of the molecule is O=C(O)C1COCC1NS(=O)(=O)c1c[nH]c2ncccc12. The lowest BCUT2D eigenvalue weighted by atomic mass is 10.1. The van der Waals surface area contributed by atoms with Crippen LogP contribution < -0.4 is 4.72 Å². The minimum atomic E-state index is -3.86. The second-order valence-corrected chi connectivity index (χ2v) is 6.44. The molecule has 9 heteroatoms. The number of sulfonamides is 1. The average Bonchev–Trinajstić information content (AvgIpc) is 3.04. The normalized spacial score (nSPS) is 22.7. The fourth-order valence-electron chi connectivity index (χ4n) is 2.33. The molecule has 1 aliphatic rings. The summed E-state index contributed by atoms with van der Waals surface area (Å²) in [6, 6.07) is 2.48. The Morgan fingerprint density at radius 3 is 3.05 bits per heavy atom. The average molecular weight is 311 g/mol. The van der Waals surface area contributed by atoms with Crippen LogP contribution in [0.2, 0.25) is 0 Å². The molecule has 21 heavy (non-hydrogen) atoms. The van der Waals surface area contributed by atoms with Gasteiger partial charge in [-0.3, -0.25) is 4.79 Å². The highest BCUT2D eigenvalue weighted by Gasteiger charge is 2.37. The third-order valence-corrected chi connectivity index (χ3v) is 4.94. The highest BCUT2D eigenvalue weighted by atomic mass is 32.2. The number of H-pyrrole nitrogens is 1. The number of hydrogen-bond donors (Lipinski definition) is 3. The van der Waals surface area contributed by atoms with E-state index in [1.807, 2.05) is 0 Å². The zero-order valence-corrected chi connectivity index (χ0v) is 11.6. The lowest BCUT2D eigenvalue weighted by Crippen LogP contribution is -2.42. The number of carboxylic acids is 1. The summed E-state index contributed by atoms with van der Waals surface area (Å²) in [4.78, 5) is 17.9. The first kappa shape index (κ1) is 14.0. The maximum Gasteiger partial charge on any atom is 0.310 e. The first-order valence-corrected chi connectivity index (χ1v) is 7.72. The lowest BCUT2D eigenvalue weighted by Gasteiger charge is -2.15. The van der Waals surface area contributed by atoms with E-state index in [2.05, 4.69) is 14.7 Å². The van der Waals surface area contributed by atoms with Crippen molar-refractivity contribution in [2.24, 2.45) is 5.92 Å². The Hall–Kier alpha value is -1.97. The molecule has 1 fully saturated rings. The smallest absolute Gasteiger partial charge is 0.310 e. The van der Waals surface area contributed by atoms with E-state index in [-0.39, 0.29) is 18.1 Å². The van der Waals surface area contributed by atoms with Gasteiger partial charge in [-0.2, -0.15) is 0 Å². The van der Waals surface area contributed by atoms with Crippen LogP contribution in [0.4, 0.5) is 0 Å². The predicted molar refractivity (Wildman–Crippen MR) is 72.1 cm³/mol. The number of aliphatic carboxylic acids is 1. The van der Waals surface area contributed by atoms with Gasteiger partial charge in [-0.1, -0.05) is 0 Å². The van der Waals surface area contributed by atoms with E-state index in [4.69, 9.17) is 9.84 Å². The predicted octanol–water partition coefficient (Wildman–Crippen LogP) is -0.0592. The quantitative estimate of drug-likeness (QED) is 0.727. The van der Waals surface area contributed by atoms with Crippen LogP contribution in [0.15, 0.2) is 29.4 Å². The van der Waals surface area contributed by atoms with Crippen molar-refractivity contribution in [3.05, 3.63) is 24.5 Å². The molecule has 0 radical (unpaired) electrons. The summed E-state index contributed by atoms with van der Waals surface area (Å²) in [7, 11) is -3.86. The fraction of sp³-hybridized carbons (Fsp3) is 0.333. The van der Waals surface area contributed by atoms with Crippen LogP contribution in [-0.2, 0) is 19.6 Å². The van der Waals surface area contributed by atoms with Crippen molar-refractivity contribution in [3.63, 3.8) is 0 Å². The zero-order valence-electron chi connectivity index (χ0n) is 10.8. The first-order chi connectivity index (χ1) is 9.99. The molecule has 2 atom stereocenters. The lowest BCUT2D eigenvalue weighted by molar-refractivity contribution is -0.142. The highest BCUT2D eigenvalue weighted by molar-refractivity contribution is 7.89. The number of fused-ring (bicyclic) bond motifs is 1. The number of pyridine rings is 1. The van der Waals surface area contributed by atoms with Gasteiger partial charge in [0.1, 0.15) is 10.5 Å². The van der Waals surface area contributed by atoms with E-state index >= 15 is 0 Å². The molecule has 3 rings (SSSR count). The third-order valence-electron chi connectivity index (χ3n) is 3.41. The van der Waals surface area contributed by atoms with Crippen molar-refractivity contribution in [3.8, 4) is 0 Å². The Kier molecular flexibility index (Phi) is 3.40. The van der Waals surface area contributed by atoms with Gasteiger partial charge in [0, 0.05) is 17.8 Å². The molecule has 0 aliphatic carbocycles. The van der Waals surface area contributed by atoms with Gasteiger partial charge in [0.15, 0.2) is 0 Å². The highest BCUT2D eigenvalue weighted by Crippen LogP contribution is 2.23. The summed E-state index contributed by atoms with van der Waals surface area (Å²) in [6.45, 7) is 0.0365. The van der Waals surface area contributed by atoms with E-state index in [9.17, 15) is 13.2 Å². The number of aromatic amines is 1. The van der Waals surface area contributed by atoms with Gasteiger partial charge in [-0.05, 0) is 12.1 Å².